The number of nitrogens with one attached hydrogen (secondary N) is 1. The monoisotopic (exact) mass is 497 g/mol. The van der Waals surface area contributed by atoms with E-state index in [2.05, 4.69) is 34.1 Å². The van der Waals surface area contributed by atoms with Crippen molar-refractivity contribution < 1.29 is 41.7 Å². The molecule has 0 aliphatic carbocycles. The van der Waals surface area contributed by atoms with Gasteiger partial charge in [-0.1, -0.05) is 5.16 Å². The molecule has 0 aliphatic rings. The summed E-state index contributed by atoms with van der Waals surface area (Å²) in [4.78, 5) is 33.2. The summed E-state index contributed by atoms with van der Waals surface area (Å²) < 4.78 is 46.9. The van der Waals surface area contributed by atoms with Crippen molar-refractivity contribution in [3.8, 4) is 5.75 Å². The topological polar surface area (TPSA) is 214 Å². The van der Waals surface area contributed by atoms with Crippen LogP contribution in [0.25, 0.3) is 0 Å². The van der Waals surface area contributed by atoms with Crippen LogP contribution in [-0.4, -0.2) is 39.7 Å². The molecule has 0 spiro atoms. The van der Waals surface area contributed by atoms with Gasteiger partial charge in [0.2, 0.25) is 0 Å². The van der Waals surface area contributed by atoms with Gasteiger partial charge >= 0.3 is 7.82 Å². The first-order chi connectivity index (χ1) is 15.5. The lowest BCUT2D eigenvalue weighted by atomic mass is 10.1. The second kappa shape index (κ2) is 9.56. The fourth-order valence-corrected chi connectivity index (χ4v) is 3.79. The standard InChI is InChI=1S/C17H16N5O9PS/c1-10-16(24)13(8-23)14(9-31-32(25,26)27)17(18-10)20-19-11-2-4-12(5-3-11)33(28,29)22-15-6-7-30-21-15/h2-8,24H,9H2,1H3,(H,21,22)(H2,25,26,27). The number of aromatic hydroxyl groups is 1. The number of sulfonamides is 1. The van der Waals surface area contributed by atoms with Gasteiger partial charge in [-0.2, -0.15) is 0 Å². The minimum atomic E-state index is -4.90. The molecule has 1 aromatic carbocycles. The Labute approximate surface area is 186 Å². The number of hydrogen-bond acceptors (Lipinski definition) is 11. The Morgan fingerprint density at radius 3 is 2.48 bits per heavy atom. The van der Waals surface area contributed by atoms with Crippen molar-refractivity contribution in [2.24, 2.45) is 10.2 Å². The number of aldehydes is 1. The van der Waals surface area contributed by atoms with E-state index in [9.17, 15) is 22.9 Å². The molecule has 2 heterocycles. The van der Waals surface area contributed by atoms with Gasteiger partial charge < -0.3 is 19.4 Å². The molecule has 174 valence electrons. The number of azo groups is 1. The average Bonchev–Trinajstić information content (AvgIpc) is 3.25. The SMILES string of the molecule is Cc1nc(N=Nc2ccc(S(=O)(=O)Nc3ccon3)cc2)c(COP(=O)(O)O)c(C=O)c1O. The number of nitrogens with zero attached hydrogens (tertiary/aromatic N) is 4. The van der Waals surface area contributed by atoms with Crippen LogP contribution in [0.3, 0.4) is 0 Å². The molecule has 3 aromatic rings. The van der Waals surface area contributed by atoms with E-state index in [0.29, 0.717) is 0 Å². The molecule has 0 aliphatic heterocycles. The minimum Gasteiger partial charge on any atom is -0.505 e. The van der Waals surface area contributed by atoms with Gasteiger partial charge in [0, 0.05) is 11.6 Å². The highest BCUT2D eigenvalue weighted by atomic mass is 32.2. The first-order valence-corrected chi connectivity index (χ1v) is 11.8. The van der Waals surface area contributed by atoms with Gasteiger partial charge in [0.05, 0.1) is 28.4 Å². The van der Waals surface area contributed by atoms with E-state index in [4.69, 9.17) is 9.79 Å². The van der Waals surface area contributed by atoms with E-state index in [1.165, 1.54) is 43.5 Å². The Morgan fingerprint density at radius 1 is 1.21 bits per heavy atom. The van der Waals surface area contributed by atoms with Gasteiger partial charge in [-0.25, -0.2) is 18.0 Å². The maximum Gasteiger partial charge on any atom is 0.469 e. The molecule has 2 aromatic heterocycles. The number of aromatic nitrogens is 2. The summed E-state index contributed by atoms with van der Waals surface area (Å²) >= 11 is 0. The fraction of sp³-hybridized carbons (Fsp3) is 0.118. The van der Waals surface area contributed by atoms with Gasteiger partial charge in [0.1, 0.15) is 12.0 Å². The van der Waals surface area contributed by atoms with Crippen molar-refractivity contribution >= 4 is 41.5 Å². The zero-order chi connectivity index (χ0) is 24.2. The van der Waals surface area contributed by atoms with Crippen molar-refractivity contribution in [3.05, 3.63) is 53.4 Å². The van der Waals surface area contributed by atoms with Crippen LogP contribution in [0.4, 0.5) is 17.3 Å². The third-order valence-corrected chi connectivity index (χ3v) is 5.88. The molecule has 14 nitrogen and oxygen atoms in total. The average molecular weight is 497 g/mol. The lowest BCUT2D eigenvalue weighted by molar-refractivity contribution is 0.111. The third-order valence-electron chi connectivity index (χ3n) is 4.05. The summed E-state index contributed by atoms with van der Waals surface area (Å²) in [5.41, 5.74) is -0.301. The molecular formula is C17H16N5O9PS. The molecule has 0 unspecified atom stereocenters. The smallest absolute Gasteiger partial charge is 0.469 e. The number of aryl methyl sites for hydroxylation is 1. The maximum atomic E-state index is 12.3. The van der Waals surface area contributed by atoms with Gasteiger partial charge in [-0.05, 0) is 31.2 Å². The zero-order valence-electron chi connectivity index (χ0n) is 16.7. The Kier molecular flexibility index (Phi) is 7.00. The predicted molar refractivity (Wildman–Crippen MR) is 111 cm³/mol. The van der Waals surface area contributed by atoms with Crippen molar-refractivity contribution in [1.29, 1.82) is 0 Å². The highest BCUT2D eigenvalue weighted by Gasteiger charge is 2.22. The first-order valence-electron chi connectivity index (χ1n) is 8.83. The summed E-state index contributed by atoms with van der Waals surface area (Å²) in [7, 11) is -8.83. The van der Waals surface area contributed by atoms with Gasteiger partial charge in [0.25, 0.3) is 10.0 Å². The van der Waals surface area contributed by atoms with Crippen molar-refractivity contribution in [2.75, 3.05) is 4.72 Å². The van der Waals surface area contributed by atoms with Crippen LogP contribution < -0.4 is 4.72 Å². The molecule has 16 heteroatoms. The van der Waals surface area contributed by atoms with E-state index < -0.39 is 30.2 Å². The number of phosphoric ester groups is 1. The summed E-state index contributed by atoms with van der Waals surface area (Å²) in [5, 5.41) is 21.3. The lowest BCUT2D eigenvalue weighted by Gasteiger charge is -2.12. The molecule has 4 N–H and O–H groups in total. The number of benzene rings is 1. The number of rotatable bonds is 9. The first kappa shape index (κ1) is 24.2. The minimum absolute atomic E-state index is 0.00331. The molecule has 0 fully saturated rings. The molecule has 33 heavy (non-hydrogen) atoms. The highest BCUT2D eigenvalue weighted by Crippen LogP contribution is 2.40. The van der Waals surface area contributed by atoms with Crippen LogP contribution in [0.5, 0.6) is 5.75 Å². The van der Waals surface area contributed by atoms with Crippen molar-refractivity contribution in [1.82, 2.24) is 10.1 Å². The van der Waals surface area contributed by atoms with Crippen molar-refractivity contribution in [2.45, 2.75) is 18.4 Å². The summed E-state index contributed by atoms with van der Waals surface area (Å²) in [6.07, 6.45) is 1.47. The molecule has 0 radical (unpaired) electrons. The molecule has 0 atom stereocenters. The molecule has 0 saturated carbocycles. The lowest BCUT2D eigenvalue weighted by Crippen LogP contribution is -2.12. The predicted octanol–water partition coefficient (Wildman–Crippen LogP) is 2.72. The molecular weight excluding hydrogens is 481 g/mol. The van der Waals surface area contributed by atoms with Crippen LogP contribution in [0.1, 0.15) is 21.6 Å². The van der Waals surface area contributed by atoms with Gasteiger partial charge in [-0.3, -0.25) is 14.0 Å². The Morgan fingerprint density at radius 2 is 1.91 bits per heavy atom. The Balaban J connectivity index is 1.89. The second-order valence-electron chi connectivity index (χ2n) is 6.33. The largest absolute Gasteiger partial charge is 0.505 e. The molecule has 0 amide bonds. The third kappa shape index (κ3) is 6.06. The van der Waals surface area contributed by atoms with Crippen LogP contribution in [0, 0.1) is 6.92 Å². The zero-order valence-corrected chi connectivity index (χ0v) is 18.4. The molecule has 3 rings (SSSR count). The second-order valence-corrected chi connectivity index (χ2v) is 9.25. The van der Waals surface area contributed by atoms with E-state index >= 15 is 0 Å². The number of carbonyl (C=O) groups is 1. The number of phosphoric acid groups is 1. The summed E-state index contributed by atoms with van der Waals surface area (Å²) in [5.74, 6) is -0.726. The van der Waals surface area contributed by atoms with Crippen LogP contribution in [0.2, 0.25) is 0 Å². The van der Waals surface area contributed by atoms with E-state index in [1.807, 2.05) is 0 Å². The number of anilines is 1. The summed E-state index contributed by atoms with van der Waals surface area (Å²) in [6, 6.07) is 6.50. The van der Waals surface area contributed by atoms with E-state index in [-0.39, 0.29) is 45.3 Å². The number of carbonyl (C=O) groups excluding carboxylic acids is 1. The van der Waals surface area contributed by atoms with Gasteiger partial charge in [-0.15, -0.1) is 10.2 Å². The van der Waals surface area contributed by atoms with E-state index in [1.54, 1.807) is 0 Å². The van der Waals surface area contributed by atoms with Gasteiger partial charge in [0.15, 0.2) is 17.9 Å². The molecule has 0 saturated heterocycles. The normalized spacial score (nSPS) is 12.2. The van der Waals surface area contributed by atoms with Crippen LogP contribution in [-0.2, 0) is 25.7 Å². The highest BCUT2D eigenvalue weighted by molar-refractivity contribution is 7.92. The number of hydrogen-bond donors (Lipinski definition) is 4. The quantitative estimate of drug-likeness (QED) is 0.191. The van der Waals surface area contributed by atoms with E-state index in [0.717, 1.165) is 0 Å². The maximum absolute atomic E-state index is 12.3. The molecule has 0 bridgehead atoms. The number of pyridine rings is 1. The Bertz CT molecular complexity index is 1340. The summed E-state index contributed by atoms with van der Waals surface area (Å²) in [6.45, 7) is 0.606. The fourth-order valence-electron chi connectivity index (χ4n) is 2.50. The van der Waals surface area contributed by atoms with Crippen LogP contribution >= 0.6 is 7.82 Å². The van der Waals surface area contributed by atoms with Crippen LogP contribution in [0.15, 0.2) is 56.2 Å². The Hall–Kier alpha value is -3.49. The van der Waals surface area contributed by atoms with Crippen molar-refractivity contribution in [3.63, 3.8) is 0 Å².